The van der Waals surface area contributed by atoms with Crippen molar-refractivity contribution in [3.8, 4) is 0 Å². The number of aryl methyl sites for hydroxylation is 2. The summed E-state index contributed by atoms with van der Waals surface area (Å²) in [6.07, 6.45) is 3.10. The fourth-order valence-corrected chi connectivity index (χ4v) is 2.47. The van der Waals surface area contributed by atoms with Crippen LogP contribution in [0.1, 0.15) is 30.1 Å². The molecule has 1 aromatic carbocycles. The molecule has 2 heterocycles. The van der Waals surface area contributed by atoms with Crippen LogP contribution in [0.3, 0.4) is 0 Å². The molecule has 0 aliphatic carbocycles. The monoisotopic (exact) mass is 484 g/mol. The molecule has 0 bridgehead atoms. The predicted molar refractivity (Wildman–Crippen MR) is 114 cm³/mol. The van der Waals surface area contributed by atoms with E-state index in [0.29, 0.717) is 17.6 Å². The van der Waals surface area contributed by atoms with E-state index in [1.165, 1.54) is 17.9 Å². The normalized spacial score (nSPS) is 9.07. The molecule has 0 atom stereocenters. The molecule has 0 aliphatic rings. The number of hydrogen-bond acceptors (Lipinski definition) is 6. The van der Waals surface area contributed by atoms with Crippen LogP contribution in [0.5, 0.6) is 0 Å². The SMILES string of the molecule is CCCC(=O)c1ccccc1.Cn1c(=O)c2c(ncn2C)n(C)c1=O.[Ca+2].[O-]Cl.[O-]Cl. The molecule has 0 radical (unpaired) electrons. The quantitative estimate of drug-likeness (QED) is 0.387. The maximum atomic E-state index is 11.7. The van der Waals surface area contributed by atoms with E-state index in [4.69, 9.17) is 9.32 Å². The van der Waals surface area contributed by atoms with E-state index in [9.17, 15) is 14.4 Å². The maximum absolute atomic E-state index is 11.7. The van der Waals surface area contributed by atoms with Gasteiger partial charge >= 0.3 is 43.4 Å². The zero-order valence-electron chi connectivity index (χ0n) is 17.2. The number of fused-ring (bicyclic) bond motifs is 1. The third-order valence-corrected chi connectivity index (χ3v) is 3.89. The van der Waals surface area contributed by atoms with Crippen molar-refractivity contribution in [1.82, 2.24) is 18.7 Å². The van der Waals surface area contributed by atoms with Gasteiger partial charge in [0.2, 0.25) is 0 Å². The first-order valence-corrected chi connectivity index (χ1v) is 8.96. The van der Waals surface area contributed by atoms with Gasteiger partial charge in [-0.15, -0.1) is 0 Å². The molecule has 0 saturated heterocycles. The van der Waals surface area contributed by atoms with Crippen LogP contribution in [-0.2, 0) is 21.1 Å². The van der Waals surface area contributed by atoms with Gasteiger partial charge in [0, 0.05) is 33.1 Å². The van der Waals surface area contributed by atoms with Crippen LogP contribution in [-0.4, -0.2) is 62.2 Å². The van der Waals surface area contributed by atoms with Crippen LogP contribution >= 0.6 is 23.7 Å². The topological polar surface area (TPSA) is 125 Å². The number of benzene rings is 1. The van der Waals surface area contributed by atoms with Crippen molar-refractivity contribution in [3.05, 3.63) is 63.1 Å². The maximum Gasteiger partial charge on any atom is 2.00 e. The van der Waals surface area contributed by atoms with E-state index >= 15 is 0 Å². The Morgan fingerprint density at radius 2 is 1.53 bits per heavy atom. The van der Waals surface area contributed by atoms with E-state index in [1.54, 1.807) is 18.7 Å². The summed E-state index contributed by atoms with van der Waals surface area (Å²) >= 11 is 6.78. The van der Waals surface area contributed by atoms with Gasteiger partial charge in [0.25, 0.3) is 5.56 Å². The van der Waals surface area contributed by atoms with E-state index in [1.807, 2.05) is 37.3 Å². The minimum atomic E-state index is -0.360. The van der Waals surface area contributed by atoms with Gasteiger partial charge in [-0.2, -0.15) is 0 Å². The Morgan fingerprint density at radius 1 is 1.00 bits per heavy atom. The Hall–Kier alpha value is -1.20. The van der Waals surface area contributed by atoms with Crippen LogP contribution in [0.25, 0.3) is 11.2 Å². The molecule has 0 spiro atoms. The van der Waals surface area contributed by atoms with Crippen molar-refractivity contribution in [1.29, 1.82) is 0 Å². The van der Waals surface area contributed by atoms with Crippen LogP contribution in [0.4, 0.5) is 0 Å². The van der Waals surface area contributed by atoms with Crippen molar-refractivity contribution in [3.63, 3.8) is 0 Å². The summed E-state index contributed by atoms with van der Waals surface area (Å²) in [7, 11) is 4.77. The van der Waals surface area contributed by atoms with Gasteiger partial charge in [-0.1, -0.05) is 37.3 Å². The Labute approximate surface area is 213 Å². The van der Waals surface area contributed by atoms with Gasteiger partial charge in [-0.25, -0.2) is 33.5 Å². The third kappa shape index (κ3) is 8.14. The summed E-state index contributed by atoms with van der Waals surface area (Å²) in [4.78, 5) is 38.4. The summed E-state index contributed by atoms with van der Waals surface area (Å²) in [5.74, 6) is 0.244. The van der Waals surface area contributed by atoms with Gasteiger partial charge in [0.05, 0.1) is 6.33 Å². The molecule has 0 amide bonds. The molecular formula is C18H22CaCl2N4O5. The first kappa shape index (κ1) is 31.0. The average Bonchev–Trinajstić information content (AvgIpc) is 3.16. The fraction of sp³-hybridized carbons (Fsp3) is 0.333. The van der Waals surface area contributed by atoms with E-state index in [2.05, 4.69) is 28.7 Å². The first-order valence-electron chi connectivity index (χ1n) is 8.34. The number of halogens is 2. The van der Waals surface area contributed by atoms with Crippen molar-refractivity contribution < 1.29 is 14.1 Å². The van der Waals surface area contributed by atoms with Crippen molar-refractivity contribution >= 4 is 78.4 Å². The van der Waals surface area contributed by atoms with Crippen molar-refractivity contribution in [2.24, 2.45) is 21.1 Å². The summed E-state index contributed by atoms with van der Waals surface area (Å²) in [6, 6.07) is 9.42. The number of aromatic nitrogens is 4. The Kier molecular flexibility index (Phi) is 17.0. The number of imidazole rings is 1. The Morgan fingerprint density at radius 3 is 2.03 bits per heavy atom. The molecule has 0 saturated carbocycles. The molecule has 0 fully saturated rings. The molecule has 0 unspecified atom stereocenters. The smallest absolute Gasteiger partial charge is 0.769 e. The van der Waals surface area contributed by atoms with Crippen LogP contribution in [0, 0.1) is 0 Å². The number of carbonyl (C=O) groups is 1. The number of Topliss-reactive ketones (excluding diaryl/α,β-unsaturated/α-hetero) is 1. The van der Waals surface area contributed by atoms with E-state index < -0.39 is 0 Å². The predicted octanol–water partition coefficient (Wildman–Crippen LogP) is 0.260. The molecular weight excluding hydrogens is 463 g/mol. The molecule has 3 aromatic rings. The van der Waals surface area contributed by atoms with Crippen LogP contribution < -0.4 is 20.6 Å². The molecule has 12 heteroatoms. The number of rotatable bonds is 3. The zero-order valence-corrected chi connectivity index (χ0v) is 20.9. The zero-order chi connectivity index (χ0) is 22.6. The molecule has 3 rings (SSSR count). The molecule has 2 aromatic heterocycles. The minimum Gasteiger partial charge on any atom is -0.769 e. The fourth-order valence-electron chi connectivity index (χ4n) is 2.47. The molecule has 0 N–H and O–H groups in total. The molecule has 30 heavy (non-hydrogen) atoms. The number of carbonyl (C=O) groups excluding carboxylic acids is 1. The number of nitrogens with zero attached hydrogens (tertiary/aromatic N) is 4. The second kappa shape index (κ2) is 16.5. The van der Waals surface area contributed by atoms with E-state index in [-0.39, 0.29) is 54.8 Å². The minimum absolute atomic E-state index is 0. The summed E-state index contributed by atoms with van der Waals surface area (Å²) in [5.41, 5.74) is 1.01. The van der Waals surface area contributed by atoms with Crippen LogP contribution in [0.2, 0.25) is 0 Å². The van der Waals surface area contributed by atoms with Crippen LogP contribution in [0.15, 0.2) is 46.2 Å². The molecule has 9 nitrogen and oxygen atoms in total. The van der Waals surface area contributed by atoms with E-state index in [0.717, 1.165) is 16.6 Å². The largest absolute Gasteiger partial charge is 2.00 e. The van der Waals surface area contributed by atoms with Gasteiger partial charge < -0.3 is 13.9 Å². The summed E-state index contributed by atoms with van der Waals surface area (Å²) in [6.45, 7) is 2.01. The third-order valence-electron chi connectivity index (χ3n) is 3.89. The first-order chi connectivity index (χ1) is 13.9. The standard InChI is InChI=1S/C10H12O.C8H10N4O2.Ca.2ClO/c1-2-6-10(11)9-7-4-3-5-8-9;1-10-4-9-6-5(10)7(13)12(3)8(14)11(6)2;;2*1-2/h3-5,7-8H,2,6H2,1H3;4H,1-3H3;;;/q;;+2;2*-1. The van der Waals surface area contributed by atoms with Gasteiger partial charge in [-0.3, -0.25) is 18.7 Å². The van der Waals surface area contributed by atoms with Crippen molar-refractivity contribution in [2.75, 3.05) is 0 Å². The van der Waals surface area contributed by atoms with Gasteiger partial charge in [-0.05, 0) is 6.42 Å². The number of hydrogen-bond donors (Lipinski definition) is 0. The van der Waals surface area contributed by atoms with Crippen molar-refractivity contribution in [2.45, 2.75) is 19.8 Å². The second-order valence-electron chi connectivity index (χ2n) is 5.77. The molecule has 0 aliphatic heterocycles. The van der Waals surface area contributed by atoms with Gasteiger partial charge in [0.1, 0.15) is 0 Å². The summed E-state index contributed by atoms with van der Waals surface area (Å²) < 4.78 is 19.5. The van der Waals surface area contributed by atoms with Gasteiger partial charge in [0.15, 0.2) is 16.9 Å². The average molecular weight is 485 g/mol. The summed E-state index contributed by atoms with van der Waals surface area (Å²) in [5, 5.41) is 0. The number of ketones is 1. The second-order valence-corrected chi connectivity index (χ2v) is 5.77. The Balaban J connectivity index is 0. The molecule has 160 valence electrons. The Bertz CT molecular complexity index is 1020.